The molecule has 0 radical (unpaired) electrons. The molecule has 1 aliphatic rings. The van der Waals surface area contributed by atoms with Gasteiger partial charge in [0.05, 0.1) is 11.0 Å². The number of thiocarbonyl (C=S) groups is 1. The highest BCUT2D eigenvalue weighted by atomic mass is 35.5. The molecule has 17 heavy (non-hydrogen) atoms. The highest BCUT2D eigenvalue weighted by molar-refractivity contribution is 7.80. The second-order valence-corrected chi connectivity index (χ2v) is 5.11. The average molecular weight is 269 g/mol. The molecule has 1 fully saturated rings. The van der Waals surface area contributed by atoms with Gasteiger partial charge in [0.1, 0.15) is 0 Å². The lowest BCUT2D eigenvalue weighted by molar-refractivity contribution is 0.0944. The maximum Gasteiger partial charge on any atom is 0.251 e. The fraction of sp³-hybridized carbons (Fsp3) is 0.333. The number of amides is 1. The van der Waals surface area contributed by atoms with Crippen molar-refractivity contribution in [1.29, 1.82) is 0 Å². The molecule has 3 N–H and O–H groups in total. The maximum absolute atomic E-state index is 12.0. The minimum atomic E-state index is -0.198. The normalized spacial score (nSPS) is 16.3. The predicted molar refractivity (Wildman–Crippen MR) is 72.2 cm³/mol. The van der Waals surface area contributed by atoms with E-state index in [1.165, 1.54) is 0 Å². The summed E-state index contributed by atoms with van der Waals surface area (Å²) in [5.74, 6) is 0.216. The first-order chi connectivity index (χ1) is 8.08. The first kappa shape index (κ1) is 12.3. The summed E-state index contributed by atoms with van der Waals surface area (Å²) < 4.78 is 0. The van der Waals surface area contributed by atoms with Crippen LogP contribution in [0.1, 0.15) is 23.2 Å². The van der Waals surface area contributed by atoms with Gasteiger partial charge in [0.2, 0.25) is 0 Å². The van der Waals surface area contributed by atoms with E-state index in [1.807, 2.05) is 0 Å². The lowest BCUT2D eigenvalue weighted by atomic mass is 10.1. The number of nitrogens with one attached hydrogen (secondary N) is 1. The van der Waals surface area contributed by atoms with Crippen LogP contribution in [0.25, 0.3) is 0 Å². The van der Waals surface area contributed by atoms with Crippen LogP contribution in [0.5, 0.6) is 0 Å². The molecule has 1 aromatic carbocycles. The SMILES string of the molecule is NC(=S)C(NC(=O)c1cccc(Cl)c1)C1CC1. The summed E-state index contributed by atoms with van der Waals surface area (Å²) in [6, 6.07) is 6.61. The van der Waals surface area contributed by atoms with Crippen LogP contribution in [-0.2, 0) is 0 Å². The van der Waals surface area contributed by atoms with Gasteiger partial charge in [-0.05, 0) is 37.0 Å². The molecular formula is C12H13ClN2OS. The molecule has 1 aromatic rings. The third kappa shape index (κ3) is 3.17. The number of hydrogen-bond donors (Lipinski definition) is 2. The predicted octanol–water partition coefficient (Wildman–Crippen LogP) is 2.13. The lowest BCUT2D eigenvalue weighted by Gasteiger charge is -2.16. The molecule has 3 nitrogen and oxygen atoms in total. The monoisotopic (exact) mass is 268 g/mol. The van der Waals surface area contributed by atoms with Crippen LogP contribution in [0.15, 0.2) is 24.3 Å². The third-order valence-electron chi connectivity index (χ3n) is 2.77. The van der Waals surface area contributed by atoms with Crippen molar-refractivity contribution >= 4 is 34.7 Å². The number of carbonyl (C=O) groups is 1. The Labute approximate surface area is 110 Å². The minimum absolute atomic E-state index is 0.183. The quantitative estimate of drug-likeness (QED) is 0.823. The number of hydrogen-bond acceptors (Lipinski definition) is 2. The van der Waals surface area contributed by atoms with Gasteiger partial charge in [-0.15, -0.1) is 0 Å². The van der Waals surface area contributed by atoms with Crippen molar-refractivity contribution in [2.75, 3.05) is 0 Å². The topological polar surface area (TPSA) is 55.1 Å². The molecule has 0 spiro atoms. The number of carbonyl (C=O) groups excluding carboxylic acids is 1. The molecule has 5 heteroatoms. The van der Waals surface area contributed by atoms with E-state index < -0.39 is 0 Å². The van der Waals surface area contributed by atoms with Gasteiger partial charge in [-0.3, -0.25) is 4.79 Å². The van der Waals surface area contributed by atoms with Gasteiger partial charge in [0.25, 0.3) is 5.91 Å². The molecule has 0 saturated heterocycles. The van der Waals surface area contributed by atoms with Crippen molar-refractivity contribution in [3.05, 3.63) is 34.9 Å². The molecule has 2 rings (SSSR count). The largest absolute Gasteiger partial charge is 0.392 e. The highest BCUT2D eigenvalue weighted by Crippen LogP contribution is 2.32. The molecule has 1 unspecified atom stereocenters. The number of nitrogens with two attached hydrogens (primary N) is 1. The molecule has 0 bridgehead atoms. The van der Waals surface area contributed by atoms with E-state index in [4.69, 9.17) is 29.6 Å². The van der Waals surface area contributed by atoms with Gasteiger partial charge in [0.15, 0.2) is 0 Å². The third-order valence-corrected chi connectivity index (χ3v) is 3.26. The van der Waals surface area contributed by atoms with Crippen LogP contribution in [0.2, 0.25) is 5.02 Å². The Morgan fingerprint density at radius 3 is 2.76 bits per heavy atom. The summed E-state index contributed by atoms with van der Waals surface area (Å²) in [6.07, 6.45) is 2.13. The van der Waals surface area contributed by atoms with Gasteiger partial charge in [-0.25, -0.2) is 0 Å². The molecule has 1 aliphatic carbocycles. The minimum Gasteiger partial charge on any atom is -0.392 e. The van der Waals surface area contributed by atoms with Crippen molar-refractivity contribution in [2.24, 2.45) is 11.7 Å². The molecule has 1 saturated carbocycles. The van der Waals surface area contributed by atoms with Gasteiger partial charge < -0.3 is 11.1 Å². The first-order valence-electron chi connectivity index (χ1n) is 5.43. The fourth-order valence-electron chi connectivity index (χ4n) is 1.71. The van der Waals surface area contributed by atoms with Gasteiger partial charge in [-0.1, -0.05) is 29.9 Å². The Bertz CT molecular complexity index is 460. The summed E-state index contributed by atoms with van der Waals surface area (Å²) in [6.45, 7) is 0. The molecule has 1 atom stereocenters. The van der Waals surface area contributed by atoms with Gasteiger partial charge in [0, 0.05) is 10.6 Å². The second-order valence-electron chi connectivity index (χ2n) is 4.20. The van der Waals surface area contributed by atoms with E-state index in [2.05, 4.69) is 5.32 Å². The molecule has 0 heterocycles. The van der Waals surface area contributed by atoms with E-state index >= 15 is 0 Å². The Morgan fingerprint density at radius 1 is 1.53 bits per heavy atom. The summed E-state index contributed by atoms with van der Waals surface area (Å²) in [5, 5.41) is 3.40. The zero-order valence-corrected chi connectivity index (χ0v) is 10.7. The van der Waals surface area contributed by atoms with Crippen molar-refractivity contribution in [3.8, 4) is 0 Å². The summed E-state index contributed by atoms with van der Waals surface area (Å²) in [5.41, 5.74) is 6.15. The van der Waals surface area contributed by atoms with Crippen LogP contribution in [0.3, 0.4) is 0 Å². The summed E-state index contributed by atoms with van der Waals surface area (Å²) in [7, 11) is 0. The van der Waals surface area contributed by atoms with Gasteiger partial charge in [-0.2, -0.15) is 0 Å². The second kappa shape index (κ2) is 5.02. The van der Waals surface area contributed by atoms with Crippen LogP contribution < -0.4 is 11.1 Å². The van der Waals surface area contributed by atoms with E-state index in [0.29, 0.717) is 21.5 Å². The number of rotatable bonds is 4. The van der Waals surface area contributed by atoms with Crippen LogP contribution in [0, 0.1) is 5.92 Å². The van der Waals surface area contributed by atoms with Crippen LogP contribution in [-0.4, -0.2) is 16.9 Å². The zero-order valence-electron chi connectivity index (χ0n) is 9.15. The van der Waals surface area contributed by atoms with Crippen molar-refractivity contribution in [2.45, 2.75) is 18.9 Å². The molecule has 1 amide bonds. The van der Waals surface area contributed by atoms with E-state index in [0.717, 1.165) is 12.8 Å². The van der Waals surface area contributed by atoms with Crippen LogP contribution in [0.4, 0.5) is 0 Å². The molecule has 90 valence electrons. The lowest BCUT2D eigenvalue weighted by Crippen LogP contribution is -2.45. The maximum atomic E-state index is 12.0. The molecule has 0 aromatic heterocycles. The van der Waals surface area contributed by atoms with Crippen molar-refractivity contribution < 1.29 is 4.79 Å². The van der Waals surface area contributed by atoms with Crippen molar-refractivity contribution in [3.63, 3.8) is 0 Å². The smallest absolute Gasteiger partial charge is 0.251 e. The van der Waals surface area contributed by atoms with E-state index in [-0.39, 0.29) is 11.9 Å². The first-order valence-corrected chi connectivity index (χ1v) is 6.22. The number of halogens is 1. The molecular weight excluding hydrogens is 256 g/mol. The average Bonchev–Trinajstić information content (AvgIpc) is 3.09. The van der Waals surface area contributed by atoms with E-state index in [1.54, 1.807) is 24.3 Å². The standard InChI is InChI=1S/C12H13ClN2OS/c13-9-3-1-2-8(6-9)12(16)15-10(11(14)17)7-4-5-7/h1-3,6-7,10H,4-5H2,(H2,14,17)(H,15,16). The summed E-state index contributed by atoms with van der Waals surface area (Å²) >= 11 is 10.8. The van der Waals surface area contributed by atoms with Crippen LogP contribution >= 0.6 is 23.8 Å². The zero-order chi connectivity index (χ0) is 12.4. The highest BCUT2D eigenvalue weighted by Gasteiger charge is 2.34. The van der Waals surface area contributed by atoms with E-state index in [9.17, 15) is 4.79 Å². The van der Waals surface area contributed by atoms with Gasteiger partial charge >= 0.3 is 0 Å². The Kier molecular flexibility index (Phi) is 3.64. The Morgan fingerprint density at radius 2 is 2.24 bits per heavy atom. The summed E-state index contributed by atoms with van der Waals surface area (Å²) in [4.78, 5) is 12.3. The number of benzene rings is 1. The Hall–Kier alpha value is -1.13. The fourth-order valence-corrected chi connectivity index (χ4v) is 2.15. The Balaban J connectivity index is 2.07. The molecule has 0 aliphatic heterocycles. The van der Waals surface area contributed by atoms with Crippen molar-refractivity contribution in [1.82, 2.24) is 5.32 Å².